The summed E-state index contributed by atoms with van der Waals surface area (Å²) in [6.07, 6.45) is 8.17. The van der Waals surface area contributed by atoms with Gasteiger partial charge in [-0.1, -0.05) is 13.3 Å². The van der Waals surface area contributed by atoms with E-state index in [1.807, 2.05) is 11.3 Å². The smallest absolute Gasteiger partial charge is 0.136 e. The highest BCUT2D eigenvalue weighted by molar-refractivity contribution is 7.19. The maximum atomic E-state index is 6.15. The number of anilines is 1. The lowest BCUT2D eigenvalue weighted by molar-refractivity contribution is 0.700. The third kappa shape index (κ3) is 1.99. The zero-order valence-electron chi connectivity index (χ0n) is 10.8. The number of rotatable bonds is 3. The Hall–Kier alpha value is -1.16. The molecule has 4 heteroatoms. The molecule has 0 fully saturated rings. The molecular weight excluding hydrogens is 242 g/mol. The maximum absolute atomic E-state index is 6.15. The molecule has 3 nitrogen and oxygen atoms in total. The summed E-state index contributed by atoms with van der Waals surface area (Å²) in [6.45, 7) is 2.19. The van der Waals surface area contributed by atoms with E-state index < -0.39 is 0 Å². The lowest BCUT2D eigenvalue weighted by Crippen LogP contribution is -2.03. The van der Waals surface area contributed by atoms with Gasteiger partial charge in [-0.3, -0.25) is 0 Å². The molecule has 1 aliphatic rings. The van der Waals surface area contributed by atoms with Crippen LogP contribution < -0.4 is 5.73 Å². The normalized spacial score (nSPS) is 14.9. The van der Waals surface area contributed by atoms with Crippen molar-refractivity contribution in [3.05, 3.63) is 16.3 Å². The van der Waals surface area contributed by atoms with Gasteiger partial charge in [-0.25, -0.2) is 9.97 Å². The van der Waals surface area contributed by atoms with Gasteiger partial charge in [-0.05, 0) is 37.7 Å². The van der Waals surface area contributed by atoms with Gasteiger partial charge in [0.15, 0.2) is 0 Å². The predicted octanol–water partition coefficient (Wildman–Crippen LogP) is 3.49. The monoisotopic (exact) mass is 261 g/mol. The molecule has 96 valence electrons. The average molecular weight is 261 g/mol. The van der Waals surface area contributed by atoms with Crippen LogP contribution in [0.4, 0.5) is 5.82 Å². The molecule has 0 aromatic carbocycles. The van der Waals surface area contributed by atoms with E-state index in [4.69, 9.17) is 10.7 Å². The number of aromatic nitrogens is 2. The SMILES string of the molecule is CCCCc1nc(N)c2c3c(sc2n1)CCCC3. The average Bonchev–Trinajstić information content (AvgIpc) is 2.74. The topological polar surface area (TPSA) is 51.8 Å². The van der Waals surface area contributed by atoms with Gasteiger partial charge in [0, 0.05) is 11.3 Å². The van der Waals surface area contributed by atoms with Gasteiger partial charge in [-0.2, -0.15) is 0 Å². The van der Waals surface area contributed by atoms with E-state index in [1.165, 1.54) is 36.1 Å². The number of fused-ring (bicyclic) bond motifs is 3. The van der Waals surface area contributed by atoms with Crippen LogP contribution in [0.15, 0.2) is 0 Å². The van der Waals surface area contributed by atoms with E-state index in [1.54, 1.807) is 0 Å². The number of nitrogen functional groups attached to an aromatic ring is 1. The molecule has 2 aromatic heterocycles. The fourth-order valence-corrected chi connectivity index (χ4v) is 3.97. The Bertz CT molecular complexity index is 574. The van der Waals surface area contributed by atoms with Crippen molar-refractivity contribution in [1.29, 1.82) is 0 Å². The van der Waals surface area contributed by atoms with E-state index in [2.05, 4.69) is 11.9 Å². The Kier molecular flexibility index (Phi) is 3.20. The van der Waals surface area contributed by atoms with Gasteiger partial charge in [0.25, 0.3) is 0 Å². The Morgan fingerprint density at radius 3 is 2.89 bits per heavy atom. The van der Waals surface area contributed by atoms with Crippen LogP contribution in [0.5, 0.6) is 0 Å². The van der Waals surface area contributed by atoms with Gasteiger partial charge in [0.1, 0.15) is 16.5 Å². The molecule has 0 unspecified atom stereocenters. The number of thiophene rings is 1. The van der Waals surface area contributed by atoms with E-state index in [0.717, 1.165) is 35.3 Å². The molecule has 0 amide bonds. The number of hydrogen-bond donors (Lipinski definition) is 1. The molecule has 1 aliphatic carbocycles. The number of aryl methyl sites for hydroxylation is 3. The van der Waals surface area contributed by atoms with E-state index >= 15 is 0 Å². The minimum absolute atomic E-state index is 0.700. The fraction of sp³-hybridized carbons (Fsp3) is 0.571. The van der Waals surface area contributed by atoms with Crippen LogP contribution >= 0.6 is 11.3 Å². The van der Waals surface area contributed by atoms with Crippen molar-refractivity contribution in [2.75, 3.05) is 5.73 Å². The van der Waals surface area contributed by atoms with Crippen molar-refractivity contribution in [2.45, 2.75) is 51.9 Å². The third-order valence-corrected chi connectivity index (χ3v) is 4.83. The molecule has 0 aliphatic heterocycles. The lowest BCUT2D eigenvalue weighted by atomic mass is 9.97. The molecule has 2 heterocycles. The fourth-order valence-electron chi connectivity index (χ4n) is 2.68. The molecule has 0 radical (unpaired) electrons. The summed E-state index contributed by atoms with van der Waals surface area (Å²) in [5.74, 6) is 1.62. The Balaban J connectivity index is 2.08. The molecule has 0 bridgehead atoms. The molecule has 0 saturated carbocycles. The third-order valence-electron chi connectivity index (χ3n) is 3.64. The zero-order valence-corrected chi connectivity index (χ0v) is 11.6. The Morgan fingerprint density at radius 1 is 1.22 bits per heavy atom. The van der Waals surface area contributed by atoms with Gasteiger partial charge in [-0.15, -0.1) is 11.3 Å². The Morgan fingerprint density at radius 2 is 2.06 bits per heavy atom. The summed E-state index contributed by atoms with van der Waals surface area (Å²) < 4.78 is 0. The number of hydrogen-bond acceptors (Lipinski definition) is 4. The van der Waals surface area contributed by atoms with E-state index in [-0.39, 0.29) is 0 Å². The molecule has 2 N–H and O–H groups in total. The van der Waals surface area contributed by atoms with Crippen molar-refractivity contribution < 1.29 is 0 Å². The van der Waals surface area contributed by atoms with Crippen LogP contribution in [-0.2, 0) is 19.3 Å². The van der Waals surface area contributed by atoms with Gasteiger partial charge in [0.05, 0.1) is 5.39 Å². The quantitative estimate of drug-likeness (QED) is 0.920. The summed E-state index contributed by atoms with van der Waals surface area (Å²) >= 11 is 1.83. The largest absolute Gasteiger partial charge is 0.383 e. The highest BCUT2D eigenvalue weighted by Gasteiger charge is 2.19. The van der Waals surface area contributed by atoms with Crippen LogP contribution in [0.25, 0.3) is 10.2 Å². The van der Waals surface area contributed by atoms with Gasteiger partial charge < -0.3 is 5.73 Å². The van der Waals surface area contributed by atoms with Crippen LogP contribution in [0, 0.1) is 0 Å². The summed E-state index contributed by atoms with van der Waals surface area (Å²) in [5.41, 5.74) is 7.58. The van der Waals surface area contributed by atoms with E-state index in [9.17, 15) is 0 Å². The van der Waals surface area contributed by atoms with Gasteiger partial charge in [0.2, 0.25) is 0 Å². The molecule has 2 aromatic rings. The molecule has 0 saturated heterocycles. The summed E-state index contributed by atoms with van der Waals surface area (Å²) in [7, 11) is 0. The summed E-state index contributed by atoms with van der Waals surface area (Å²) in [6, 6.07) is 0. The molecular formula is C14H19N3S. The highest BCUT2D eigenvalue weighted by Crippen LogP contribution is 2.37. The molecule has 18 heavy (non-hydrogen) atoms. The van der Waals surface area contributed by atoms with E-state index in [0.29, 0.717) is 5.82 Å². The summed E-state index contributed by atoms with van der Waals surface area (Å²) in [4.78, 5) is 11.8. The standard InChI is InChI=1S/C14H19N3S/c1-2-3-8-11-16-13(15)12-9-6-4-5-7-10(9)18-14(12)17-11/h2-8H2,1H3,(H2,15,16,17). The predicted molar refractivity (Wildman–Crippen MR) is 77.1 cm³/mol. The second-order valence-corrected chi connectivity index (χ2v) is 6.10. The molecule has 3 rings (SSSR count). The second-order valence-electron chi connectivity index (χ2n) is 5.02. The zero-order chi connectivity index (χ0) is 12.5. The second kappa shape index (κ2) is 4.84. The first kappa shape index (κ1) is 11.9. The van der Waals surface area contributed by atoms with Crippen LogP contribution in [-0.4, -0.2) is 9.97 Å². The van der Waals surface area contributed by atoms with Crippen LogP contribution in [0.3, 0.4) is 0 Å². The van der Waals surface area contributed by atoms with Crippen LogP contribution in [0.2, 0.25) is 0 Å². The first-order valence-electron chi connectivity index (χ1n) is 6.86. The maximum Gasteiger partial charge on any atom is 0.136 e. The minimum atomic E-state index is 0.700. The first-order chi connectivity index (χ1) is 8.79. The van der Waals surface area contributed by atoms with Crippen molar-refractivity contribution in [3.63, 3.8) is 0 Å². The molecule has 0 atom stereocenters. The lowest BCUT2D eigenvalue weighted by Gasteiger charge is -2.10. The first-order valence-corrected chi connectivity index (χ1v) is 7.68. The van der Waals surface area contributed by atoms with Gasteiger partial charge >= 0.3 is 0 Å². The van der Waals surface area contributed by atoms with Crippen molar-refractivity contribution in [2.24, 2.45) is 0 Å². The van der Waals surface area contributed by atoms with Crippen molar-refractivity contribution in [3.8, 4) is 0 Å². The number of unbranched alkanes of at least 4 members (excludes halogenated alkanes) is 1. The Labute approximate surface area is 111 Å². The van der Waals surface area contributed by atoms with Crippen molar-refractivity contribution >= 4 is 27.4 Å². The van der Waals surface area contributed by atoms with Crippen molar-refractivity contribution in [1.82, 2.24) is 9.97 Å². The number of nitrogens with zero attached hydrogens (tertiary/aromatic N) is 2. The summed E-state index contributed by atoms with van der Waals surface area (Å²) in [5, 5.41) is 1.15. The molecule has 0 spiro atoms. The minimum Gasteiger partial charge on any atom is -0.383 e. The highest BCUT2D eigenvalue weighted by atomic mass is 32.1. The van der Waals surface area contributed by atoms with Crippen LogP contribution in [0.1, 0.15) is 48.9 Å². The number of nitrogens with two attached hydrogens (primary N) is 1.